The van der Waals surface area contributed by atoms with Crippen LogP contribution in [0.25, 0.3) is 0 Å². The van der Waals surface area contributed by atoms with Gasteiger partial charge in [-0.25, -0.2) is 21.6 Å². The van der Waals surface area contributed by atoms with Crippen molar-refractivity contribution in [3.63, 3.8) is 0 Å². The Labute approximate surface area is 133 Å². The van der Waals surface area contributed by atoms with Crippen molar-refractivity contribution in [1.82, 2.24) is 15.0 Å². The van der Waals surface area contributed by atoms with Gasteiger partial charge in [-0.05, 0) is 20.8 Å². The molecule has 0 aliphatic carbocycles. The summed E-state index contributed by atoms with van der Waals surface area (Å²) in [6.07, 6.45) is 0. The van der Waals surface area contributed by atoms with E-state index in [1.807, 2.05) is 0 Å². The lowest BCUT2D eigenvalue weighted by atomic mass is 10.4. The van der Waals surface area contributed by atoms with Crippen molar-refractivity contribution in [1.29, 1.82) is 0 Å². The summed E-state index contributed by atoms with van der Waals surface area (Å²) >= 11 is 0. The van der Waals surface area contributed by atoms with Crippen LogP contribution < -0.4 is 9.44 Å². The largest absolute Gasteiger partial charge is 0.360 e. The number of aromatic nitrogens is 2. The van der Waals surface area contributed by atoms with Crippen LogP contribution in [0.15, 0.2) is 20.0 Å². The quantitative estimate of drug-likeness (QED) is 0.714. The van der Waals surface area contributed by atoms with E-state index in [1.165, 1.54) is 19.9 Å². The van der Waals surface area contributed by atoms with Crippen LogP contribution >= 0.6 is 0 Å². The van der Waals surface area contributed by atoms with Gasteiger partial charge >= 0.3 is 0 Å². The Bertz CT molecular complexity index is 877. The van der Waals surface area contributed by atoms with E-state index in [1.54, 1.807) is 6.92 Å². The summed E-state index contributed by atoms with van der Waals surface area (Å²) in [6.45, 7) is 4.23. The summed E-state index contributed by atoms with van der Waals surface area (Å²) in [4.78, 5) is -0.0880. The van der Waals surface area contributed by atoms with Gasteiger partial charge in [0.15, 0.2) is 11.6 Å². The van der Waals surface area contributed by atoms with Gasteiger partial charge in [0.25, 0.3) is 0 Å². The van der Waals surface area contributed by atoms with Crippen LogP contribution in [-0.4, -0.2) is 39.4 Å². The van der Waals surface area contributed by atoms with Crippen LogP contribution in [0.4, 0.5) is 5.82 Å². The number of sulfonamides is 2. The van der Waals surface area contributed by atoms with Crippen molar-refractivity contribution in [2.45, 2.75) is 25.7 Å². The third-order valence-corrected chi connectivity index (χ3v) is 5.75. The second-order valence-corrected chi connectivity index (χ2v) is 8.34. The minimum Gasteiger partial charge on any atom is -0.360 e. The van der Waals surface area contributed by atoms with Gasteiger partial charge in [0.1, 0.15) is 16.3 Å². The van der Waals surface area contributed by atoms with Crippen LogP contribution in [-0.2, 0) is 20.0 Å². The molecule has 0 radical (unpaired) electrons. The monoisotopic (exact) mass is 364 g/mol. The maximum atomic E-state index is 12.1. The van der Waals surface area contributed by atoms with Crippen LogP contribution in [0.1, 0.15) is 17.2 Å². The molecule has 23 heavy (non-hydrogen) atoms. The third kappa shape index (κ3) is 4.30. The fraction of sp³-hybridized carbons (Fsp3) is 0.455. The lowest BCUT2D eigenvalue weighted by Gasteiger charge is -2.07. The fourth-order valence-corrected chi connectivity index (χ4v) is 4.24. The van der Waals surface area contributed by atoms with Gasteiger partial charge in [0.05, 0.1) is 5.75 Å². The molecule has 12 heteroatoms. The van der Waals surface area contributed by atoms with E-state index in [0.717, 1.165) is 0 Å². The standard InChI is InChI=1S/C11H16N4O6S2/c1-7-6-10(14-20-7)15-22(16,17)5-4-12-23(18,19)11-8(2)13-21-9(11)3/h6,12H,4-5H2,1-3H3,(H,14,15). The number of nitrogens with zero attached hydrogens (tertiary/aromatic N) is 2. The average Bonchev–Trinajstić information content (AvgIpc) is 2.94. The van der Waals surface area contributed by atoms with Crippen molar-refractivity contribution in [2.24, 2.45) is 0 Å². The van der Waals surface area contributed by atoms with Crippen molar-refractivity contribution >= 4 is 25.9 Å². The first-order chi connectivity index (χ1) is 10.6. The molecule has 0 bridgehead atoms. The maximum Gasteiger partial charge on any atom is 0.245 e. The summed E-state index contributed by atoms with van der Waals surface area (Å²) in [6, 6.07) is 1.41. The number of hydrogen-bond acceptors (Lipinski definition) is 8. The molecule has 10 nitrogen and oxygen atoms in total. The number of anilines is 1. The molecule has 0 spiro atoms. The van der Waals surface area contributed by atoms with E-state index in [4.69, 9.17) is 9.05 Å². The first-order valence-electron chi connectivity index (χ1n) is 6.47. The van der Waals surface area contributed by atoms with Gasteiger partial charge in [-0.3, -0.25) is 4.72 Å². The Morgan fingerprint density at radius 1 is 1.09 bits per heavy atom. The van der Waals surface area contributed by atoms with E-state index in [2.05, 4.69) is 19.8 Å². The molecule has 2 N–H and O–H groups in total. The summed E-state index contributed by atoms with van der Waals surface area (Å²) in [5.74, 6) is 0.147. The van der Waals surface area contributed by atoms with E-state index in [9.17, 15) is 16.8 Å². The predicted molar refractivity (Wildman–Crippen MR) is 79.8 cm³/mol. The zero-order valence-electron chi connectivity index (χ0n) is 12.7. The summed E-state index contributed by atoms with van der Waals surface area (Å²) in [5, 5.41) is 7.05. The van der Waals surface area contributed by atoms with Crippen LogP contribution in [0.3, 0.4) is 0 Å². The molecule has 0 atom stereocenters. The topological polar surface area (TPSA) is 144 Å². The molecule has 0 aromatic carbocycles. The lowest BCUT2D eigenvalue weighted by Crippen LogP contribution is -2.31. The molecule has 2 rings (SSSR count). The lowest BCUT2D eigenvalue weighted by molar-refractivity contribution is 0.390. The summed E-state index contributed by atoms with van der Waals surface area (Å²) < 4.78 is 61.9. The molecule has 0 saturated heterocycles. The third-order valence-electron chi connectivity index (χ3n) is 2.79. The van der Waals surface area contributed by atoms with E-state index in [-0.39, 0.29) is 28.7 Å². The Balaban J connectivity index is 1.98. The highest BCUT2D eigenvalue weighted by Crippen LogP contribution is 2.18. The molecule has 2 aromatic rings. The Morgan fingerprint density at radius 3 is 2.30 bits per heavy atom. The molecule has 0 unspecified atom stereocenters. The molecule has 0 fully saturated rings. The van der Waals surface area contributed by atoms with E-state index >= 15 is 0 Å². The Hall–Kier alpha value is -1.92. The second kappa shape index (κ2) is 6.29. The first kappa shape index (κ1) is 17.4. The molecular formula is C11H16N4O6S2. The smallest absolute Gasteiger partial charge is 0.245 e. The van der Waals surface area contributed by atoms with Gasteiger partial charge < -0.3 is 9.05 Å². The highest BCUT2D eigenvalue weighted by atomic mass is 32.2. The Morgan fingerprint density at radius 2 is 1.78 bits per heavy atom. The number of nitrogens with one attached hydrogen (secondary N) is 2. The minimum atomic E-state index is -3.90. The number of hydrogen-bond donors (Lipinski definition) is 2. The molecule has 0 amide bonds. The maximum absolute atomic E-state index is 12.1. The van der Waals surface area contributed by atoms with Crippen molar-refractivity contribution in [2.75, 3.05) is 17.0 Å². The van der Waals surface area contributed by atoms with Gasteiger partial charge in [-0.2, -0.15) is 0 Å². The van der Waals surface area contributed by atoms with Crippen LogP contribution in [0, 0.1) is 20.8 Å². The molecule has 0 saturated carbocycles. The van der Waals surface area contributed by atoms with Crippen molar-refractivity contribution < 1.29 is 25.9 Å². The first-order valence-corrected chi connectivity index (χ1v) is 9.60. The zero-order valence-corrected chi connectivity index (χ0v) is 14.3. The molecular weight excluding hydrogens is 348 g/mol. The van der Waals surface area contributed by atoms with Crippen molar-refractivity contribution in [3.05, 3.63) is 23.3 Å². The molecule has 2 aromatic heterocycles. The highest BCUT2D eigenvalue weighted by molar-refractivity contribution is 7.92. The molecule has 0 aliphatic rings. The summed E-state index contributed by atoms with van der Waals surface area (Å²) in [5.41, 5.74) is 0.203. The van der Waals surface area contributed by atoms with Crippen molar-refractivity contribution in [3.8, 4) is 0 Å². The van der Waals surface area contributed by atoms with Crippen LogP contribution in [0.2, 0.25) is 0 Å². The van der Waals surface area contributed by atoms with Crippen LogP contribution in [0.5, 0.6) is 0 Å². The highest BCUT2D eigenvalue weighted by Gasteiger charge is 2.24. The predicted octanol–water partition coefficient (Wildman–Crippen LogP) is 0.308. The minimum absolute atomic E-state index is 0.0380. The van der Waals surface area contributed by atoms with Gasteiger partial charge in [-0.1, -0.05) is 10.3 Å². The van der Waals surface area contributed by atoms with E-state index in [0.29, 0.717) is 5.76 Å². The number of rotatable bonds is 7. The van der Waals surface area contributed by atoms with Gasteiger partial charge in [0.2, 0.25) is 20.0 Å². The van der Waals surface area contributed by atoms with E-state index < -0.39 is 25.8 Å². The van der Waals surface area contributed by atoms with Gasteiger partial charge in [-0.15, -0.1) is 0 Å². The molecule has 2 heterocycles. The Kier molecular flexibility index (Phi) is 4.77. The molecule has 128 valence electrons. The number of aryl methyl sites for hydroxylation is 3. The van der Waals surface area contributed by atoms with Gasteiger partial charge in [0, 0.05) is 12.6 Å². The zero-order chi connectivity index (χ0) is 17.3. The fourth-order valence-electron chi connectivity index (χ4n) is 1.87. The second-order valence-electron chi connectivity index (χ2n) is 4.79. The normalized spacial score (nSPS) is 12.5. The summed E-state index contributed by atoms with van der Waals surface area (Å²) in [7, 11) is -7.67. The molecule has 0 aliphatic heterocycles. The SMILES string of the molecule is Cc1cc(NS(=O)(=O)CCNS(=O)(=O)c2c(C)noc2C)no1. The average molecular weight is 364 g/mol.